The van der Waals surface area contributed by atoms with E-state index in [0.717, 1.165) is 35.4 Å². The third-order valence-corrected chi connectivity index (χ3v) is 4.54. The Hall–Kier alpha value is -2.16. The van der Waals surface area contributed by atoms with Crippen molar-refractivity contribution < 1.29 is 9.84 Å². The van der Waals surface area contributed by atoms with E-state index in [1.54, 1.807) is 0 Å². The predicted molar refractivity (Wildman–Crippen MR) is 110 cm³/mol. The highest BCUT2D eigenvalue weighted by Crippen LogP contribution is 2.39. The molecule has 0 heterocycles. The molecule has 2 rings (SSSR count). The van der Waals surface area contributed by atoms with Crippen LogP contribution in [0, 0.1) is 0 Å². The molecule has 0 spiro atoms. The molecule has 3 heteroatoms. The van der Waals surface area contributed by atoms with E-state index in [2.05, 4.69) is 53.7 Å². The first kappa shape index (κ1) is 20.2. The predicted octanol–water partition coefficient (Wildman–Crippen LogP) is 5.58. The first-order valence-electron chi connectivity index (χ1n) is 9.33. The summed E-state index contributed by atoms with van der Waals surface area (Å²) in [6.45, 7) is 13.5. The van der Waals surface area contributed by atoms with Crippen LogP contribution in [0.5, 0.6) is 11.5 Å². The van der Waals surface area contributed by atoms with Crippen molar-refractivity contribution in [1.29, 1.82) is 0 Å². The van der Waals surface area contributed by atoms with Gasteiger partial charge in [-0.05, 0) is 64.6 Å². The van der Waals surface area contributed by atoms with Crippen LogP contribution in [0.25, 0.3) is 0 Å². The van der Waals surface area contributed by atoms with Crippen LogP contribution in [0.1, 0.15) is 64.7 Å². The van der Waals surface area contributed by atoms with Gasteiger partial charge in [0.05, 0.1) is 6.61 Å². The number of hydrogen-bond donors (Lipinski definition) is 2. The molecule has 0 radical (unpaired) electrons. The molecule has 0 aliphatic carbocycles. The Morgan fingerprint density at radius 3 is 1.85 bits per heavy atom. The zero-order valence-corrected chi connectivity index (χ0v) is 17.0. The summed E-state index contributed by atoms with van der Waals surface area (Å²) in [6, 6.07) is 11.8. The summed E-state index contributed by atoms with van der Waals surface area (Å²) in [5.41, 5.74) is 9.52. The van der Waals surface area contributed by atoms with Gasteiger partial charge in [-0.15, -0.1) is 0 Å². The summed E-state index contributed by atoms with van der Waals surface area (Å²) in [5, 5.41) is 10.8. The average molecular weight is 356 g/mol. The molecule has 2 aromatic rings. The van der Waals surface area contributed by atoms with E-state index in [-0.39, 0.29) is 10.8 Å². The van der Waals surface area contributed by atoms with Crippen molar-refractivity contribution in [3.63, 3.8) is 0 Å². The van der Waals surface area contributed by atoms with Crippen molar-refractivity contribution in [1.82, 2.24) is 0 Å². The van der Waals surface area contributed by atoms with E-state index in [9.17, 15) is 5.11 Å². The molecule has 0 aliphatic rings. The van der Waals surface area contributed by atoms with Crippen molar-refractivity contribution in [2.45, 2.75) is 65.2 Å². The minimum atomic E-state index is -0.0967. The minimum Gasteiger partial charge on any atom is -0.507 e. The monoisotopic (exact) mass is 355 g/mol. The highest BCUT2D eigenvalue weighted by atomic mass is 16.5. The van der Waals surface area contributed by atoms with Gasteiger partial charge in [0.25, 0.3) is 0 Å². The summed E-state index contributed by atoms with van der Waals surface area (Å²) in [7, 11) is 0. The number of benzene rings is 2. The third-order valence-electron chi connectivity index (χ3n) is 4.54. The number of rotatable bonds is 5. The molecule has 0 amide bonds. The molecule has 2 aromatic carbocycles. The van der Waals surface area contributed by atoms with Crippen LogP contribution in [0.4, 0.5) is 5.69 Å². The van der Waals surface area contributed by atoms with E-state index in [1.807, 2.05) is 24.3 Å². The lowest BCUT2D eigenvalue weighted by Gasteiger charge is -2.28. The molecule has 0 saturated carbocycles. The average Bonchev–Trinajstić information content (AvgIpc) is 2.52. The van der Waals surface area contributed by atoms with E-state index in [4.69, 9.17) is 10.5 Å². The SMILES string of the molecule is CC(C)(C)c1cc(CCCOc2ccc(N)cc2)cc(C(C)(C)C)c1O. The van der Waals surface area contributed by atoms with Gasteiger partial charge in [-0.25, -0.2) is 0 Å². The fraction of sp³-hybridized carbons (Fsp3) is 0.478. The summed E-state index contributed by atoms with van der Waals surface area (Å²) >= 11 is 0. The maximum Gasteiger partial charge on any atom is 0.123 e. The van der Waals surface area contributed by atoms with Crippen LogP contribution in [0.3, 0.4) is 0 Å². The number of phenols is 1. The second-order valence-electron chi connectivity index (χ2n) is 9.06. The molecular weight excluding hydrogens is 322 g/mol. The quantitative estimate of drug-likeness (QED) is 0.543. The first-order valence-corrected chi connectivity index (χ1v) is 9.33. The van der Waals surface area contributed by atoms with Crippen LogP contribution in [0.2, 0.25) is 0 Å². The van der Waals surface area contributed by atoms with Gasteiger partial charge < -0.3 is 15.6 Å². The second kappa shape index (κ2) is 7.61. The molecule has 3 nitrogen and oxygen atoms in total. The van der Waals surface area contributed by atoms with Crippen molar-refractivity contribution in [3.05, 3.63) is 53.1 Å². The smallest absolute Gasteiger partial charge is 0.123 e. The minimum absolute atomic E-state index is 0.0967. The largest absolute Gasteiger partial charge is 0.507 e. The molecule has 3 N–H and O–H groups in total. The number of nitrogen functional groups attached to an aromatic ring is 1. The normalized spacial score (nSPS) is 12.2. The molecular formula is C23H33NO2. The Morgan fingerprint density at radius 2 is 1.38 bits per heavy atom. The lowest BCUT2D eigenvalue weighted by atomic mass is 9.78. The highest BCUT2D eigenvalue weighted by Gasteiger charge is 2.26. The Morgan fingerprint density at radius 1 is 0.885 bits per heavy atom. The van der Waals surface area contributed by atoms with Gasteiger partial charge in [-0.1, -0.05) is 53.7 Å². The third kappa shape index (κ3) is 5.17. The Labute approximate surface area is 158 Å². The molecule has 0 atom stereocenters. The Bertz CT molecular complexity index is 699. The summed E-state index contributed by atoms with van der Waals surface area (Å²) in [5.74, 6) is 1.28. The zero-order chi connectivity index (χ0) is 19.5. The number of phenolic OH excluding ortho intramolecular Hbond substituents is 1. The molecule has 142 valence electrons. The van der Waals surface area contributed by atoms with Crippen LogP contribution < -0.4 is 10.5 Å². The van der Waals surface area contributed by atoms with E-state index < -0.39 is 0 Å². The van der Waals surface area contributed by atoms with E-state index in [0.29, 0.717) is 12.4 Å². The molecule has 0 bridgehead atoms. The lowest BCUT2D eigenvalue weighted by molar-refractivity contribution is 0.311. The highest BCUT2D eigenvalue weighted by molar-refractivity contribution is 5.50. The van der Waals surface area contributed by atoms with Gasteiger partial charge in [0.15, 0.2) is 0 Å². The van der Waals surface area contributed by atoms with Crippen LogP contribution in [-0.2, 0) is 17.3 Å². The van der Waals surface area contributed by atoms with Gasteiger partial charge in [0, 0.05) is 5.69 Å². The zero-order valence-electron chi connectivity index (χ0n) is 17.0. The molecule has 26 heavy (non-hydrogen) atoms. The van der Waals surface area contributed by atoms with E-state index in [1.165, 1.54) is 5.56 Å². The lowest BCUT2D eigenvalue weighted by Crippen LogP contribution is -2.18. The second-order valence-corrected chi connectivity index (χ2v) is 9.06. The number of aryl methyl sites for hydroxylation is 1. The van der Waals surface area contributed by atoms with Crippen molar-refractivity contribution in [2.75, 3.05) is 12.3 Å². The fourth-order valence-corrected chi connectivity index (χ4v) is 3.01. The summed E-state index contributed by atoms with van der Waals surface area (Å²) < 4.78 is 5.80. The Balaban J connectivity index is 2.12. The fourth-order valence-electron chi connectivity index (χ4n) is 3.01. The van der Waals surface area contributed by atoms with Gasteiger partial charge in [-0.2, -0.15) is 0 Å². The molecule has 0 fully saturated rings. The van der Waals surface area contributed by atoms with Gasteiger partial charge in [0.2, 0.25) is 0 Å². The summed E-state index contributed by atoms with van der Waals surface area (Å²) in [6.07, 6.45) is 1.84. The first-order chi connectivity index (χ1) is 12.0. The Kier molecular flexibility index (Phi) is 5.90. The van der Waals surface area contributed by atoms with Gasteiger partial charge >= 0.3 is 0 Å². The number of anilines is 1. The standard InChI is InChI=1S/C23H33NO2/c1-22(2,3)19-14-16(15-20(21(19)25)23(4,5)6)8-7-13-26-18-11-9-17(24)10-12-18/h9-12,14-15,25H,7-8,13,24H2,1-6H3. The van der Waals surface area contributed by atoms with Gasteiger partial charge in [0.1, 0.15) is 11.5 Å². The van der Waals surface area contributed by atoms with Crippen molar-refractivity contribution >= 4 is 5.69 Å². The van der Waals surface area contributed by atoms with Crippen LogP contribution in [0.15, 0.2) is 36.4 Å². The number of nitrogens with two attached hydrogens (primary N) is 1. The molecule has 0 saturated heterocycles. The number of ether oxygens (including phenoxy) is 1. The van der Waals surface area contributed by atoms with Crippen LogP contribution >= 0.6 is 0 Å². The molecule has 0 aliphatic heterocycles. The maximum absolute atomic E-state index is 10.8. The van der Waals surface area contributed by atoms with Crippen molar-refractivity contribution in [3.8, 4) is 11.5 Å². The van der Waals surface area contributed by atoms with Crippen LogP contribution in [-0.4, -0.2) is 11.7 Å². The molecule has 0 aromatic heterocycles. The topological polar surface area (TPSA) is 55.5 Å². The van der Waals surface area contributed by atoms with Gasteiger partial charge in [-0.3, -0.25) is 0 Å². The van der Waals surface area contributed by atoms with E-state index >= 15 is 0 Å². The van der Waals surface area contributed by atoms with Crippen molar-refractivity contribution in [2.24, 2.45) is 0 Å². The number of aromatic hydroxyl groups is 1. The number of hydrogen-bond acceptors (Lipinski definition) is 3. The summed E-state index contributed by atoms with van der Waals surface area (Å²) in [4.78, 5) is 0. The molecule has 0 unspecified atom stereocenters. The maximum atomic E-state index is 10.8.